The molecule has 2 aromatic rings. The fraction of sp³-hybridized carbons (Fsp3) is 0.300. The predicted molar refractivity (Wildman–Crippen MR) is 93.8 cm³/mol. The minimum Gasteiger partial charge on any atom is -0.494 e. The lowest BCUT2D eigenvalue weighted by molar-refractivity contribution is -0.117. The standard InChI is InChI=1S/C20H21NO3/c1-3-24-18-7-4-15(5-8-18)12-20(23)21-11-10-17-13-16(14(2)22)6-9-19(17)21/h4-9,13H,3,10-12H2,1-2H3. The maximum atomic E-state index is 12.6. The molecule has 4 nitrogen and oxygen atoms in total. The molecule has 124 valence electrons. The molecule has 0 unspecified atom stereocenters. The highest BCUT2D eigenvalue weighted by Crippen LogP contribution is 2.29. The number of carbonyl (C=O) groups is 2. The van der Waals surface area contributed by atoms with Gasteiger partial charge in [0.25, 0.3) is 0 Å². The van der Waals surface area contributed by atoms with E-state index in [-0.39, 0.29) is 11.7 Å². The van der Waals surface area contributed by atoms with Crippen LogP contribution in [0, 0.1) is 0 Å². The molecule has 0 aromatic heterocycles. The molecule has 1 aliphatic rings. The molecule has 0 saturated carbocycles. The van der Waals surface area contributed by atoms with Crippen LogP contribution < -0.4 is 9.64 Å². The van der Waals surface area contributed by atoms with Crippen LogP contribution in [0.25, 0.3) is 0 Å². The molecule has 0 spiro atoms. The SMILES string of the molecule is CCOc1ccc(CC(=O)N2CCc3cc(C(C)=O)ccc32)cc1. The third kappa shape index (κ3) is 3.32. The number of anilines is 1. The van der Waals surface area contributed by atoms with Crippen molar-refractivity contribution in [1.29, 1.82) is 0 Å². The zero-order valence-electron chi connectivity index (χ0n) is 14.0. The number of hydrogen-bond donors (Lipinski definition) is 0. The molecular formula is C20H21NO3. The number of hydrogen-bond acceptors (Lipinski definition) is 3. The lowest BCUT2D eigenvalue weighted by Crippen LogP contribution is -2.30. The minimum absolute atomic E-state index is 0.0527. The van der Waals surface area contributed by atoms with Crippen LogP contribution in [0.4, 0.5) is 5.69 Å². The number of benzene rings is 2. The first-order valence-corrected chi connectivity index (χ1v) is 8.24. The Morgan fingerprint density at radius 2 is 1.88 bits per heavy atom. The average molecular weight is 323 g/mol. The second kappa shape index (κ2) is 6.87. The van der Waals surface area contributed by atoms with Crippen LogP contribution >= 0.6 is 0 Å². The number of amides is 1. The van der Waals surface area contributed by atoms with Gasteiger partial charge in [0, 0.05) is 17.8 Å². The summed E-state index contributed by atoms with van der Waals surface area (Å²) in [6, 6.07) is 13.2. The number of Topliss-reactive ketones (excluding diaryl/α,β-unsaturated/α-hetero) is 1. The zero-order valence-corrected chi connectivity index (χ0v) is 14.0. The summed E-state index contributed by atoms with van der Waals surface area (Å²) in [6.45, 7) is 4.81. The van der Waals surface area contributed by atoms with Gasteiger partial charge in [0.15, 0.2) is 5.78 Å². The van der Waals surface area contributed by atoms with E-state index in [1.54, 1.807) is 13.0 Å². The summed E-state index contributed by atoms with van der Waals surface area (Å²) in [4.78, 5) is 25.9. The molecule has 0 saturated heterocycles. The summed E-state index contributed by atoms with van der Waals surface area (Å²) in [5, 5.41) is 0. The molecule has 4 heteroatoms. The normalized spacial score (nSPS) is 12.8. The Morgan fingerprint density at radius 1 is 1.12 bits per heavy atom. The van der Waals surface area contributed by atoms with Gasteiger partial charge in [-0.3, -0.25) is 9.59 Å². The Bertz CT molecular complexity index is 765. The molecule has 0 fully saturated rings. The summed E-state index contributed by atoms with van der Waals surface area (Å²) in [5.41, 5.74) is 3.67. The molecule has 3 rings (SSSR count). The van der Waals surface area contributed by atoms with Crippen LogP contribution in [0.2, 0.25) is 0 Å². The topological polar surface area (TPSA) is 46.6 Å². The number of carbonyl (C=O) groups excluding carboxylic acids is 2. The highest BCUT2D eigenvalue weighted by molar-refractivity contribution is 5.99. The third-order valence-corrected chi connectivity index (χ3v) is 4.27. The lowest BCUT2D eigenvalue weighted by atomic mass is 10.1. The molecule has 1 heterocycles. The van der Waals surface area contributed by atoms with E-state index < -0.39 is 0 Å². The van der Waals surface area contributed by atoms with E-state index >= 15 is 0 Å². The monoisotopic (exact) mass is 323 g/mol. The van der Waals surface area contributed by atoms with Gasteiger partial charge < -0.3 is 9.64 Å². The number of ether oxygens (including phenoxy) is 1. The largest absolute Gasteiger partial charge is 0.494 e. The van der Waals surface area contributed by atoms with E-state index in [1.807, 2.05) is 48.2 Å². The minimum atomic E-state index is 0.0527. The van der Waals surface area contributed by atoms with E-state index in [1.165, 1.54) is 0 Å². The van der Waals surface area contributed by atoms with Crippen molar-refractivity contribution in [2.75, 3.05) is 18.1 Å². The van der Waals surface area contributed by atoms with Gasteiger partial charge in [-0.1, -0.05) is 12.1 Å². The Balaban J connectivity index is 1.72. The summed E-state index contributed by atoms with van der Waals surface area (Å²) < 4.78 is 5.42. The predicted octanol–water partition coefficient (Wildman–Crippen LogP) is 3.42. The molecule has 2 aromatic carbocycles. The lowest BCUT2D eigenvalue weighted by Gasteiger charge is -2.17. The zero-order chi connectivity index (χ0) is 17.1. The number of ketones is 1. The fourth-order valence-electron chi connectivity index (χ4n) is 3.02. The van der Waals surface area contributed by atoms with Crippen LogP contribution in [-0.2, 0) is 17.6 Å². The fourth-order valence-corrected chi connectivity index (χ4v) is 3.02. The quantitative estimate of drug-likeness (QED) is 0.792. The van der Waals surface area contributed by atoms with Crippen LogP contribution in [0.1, 0.15) is 35.3 Å². The third-order valence-electron chi connectivity index (χ3n) is 4.27. The van der Waals surface area contributed by atoms with Gasteiger partial charge >= 0.3 is 0 Å². The Kier molecular flexibility index (Phi) is 4.65. The van der Waals surface area contributed by atoms with Crippen molar-refractivity contribution in [2.45, 2.75) is 26.7 Å². The summed E-state index contributed by atoms with van der Waals surface area (Å²) >= 11 is 0. The average Bonchev–Trinajstić information content (AvgIpc) is 3.00. The number of rotatable bonds is 5. The van der Waals surface area contributed by atoms with Gasteiger partial charge in [-0.15, -0.1) is 0 Å². The molecule has 0 radical (unpaired) electrons. The molecule has 1 amide bonds. The van der Waals surface area contributed by atoms with Gasteiger partial charge in [-0.05, 0) is 61.7 Å². The van der Waals surface area contributed by atoms with Crippen molar-refractivity contribution in [3.63, 3.8) is 0 Å². The summed E-state index contributed by atoms with van der Waals surface area (Å²) in [5.74, 6) is 0.947. The van der Waals surface area contributed by atoms with Crippen molar-refractivity contribution in [1.82, 2.24) is 0 Å². The van der Waals surface area contributed by atoms with Crippen LogP contribution in [-0.4, -0.2) is 24.8 Å². The Morgan fingerprint density at radius 3 is 2.54 bits per heavy atom. The van der Waals surface area contributed by atoms with Crippen LogP contribution in [0.5, 0.6) is 5.75 Å². The summed E-state index contributed by atoms with van der Waals surface area (Å²) in [6.07, 6.45) is 1.16. The smallest absolute Gasteiger partial charge is 0.231 e. The molecule has 1 aliphatic heterocycles. The van der Waals surface area contributed by atoms with Gasteiger partial charge in [0.2, 0.25) is 5.91 Å². The Labute approximate surface area is 142 Å². The second-order valence-corrected chi connectivity index (χ2v) is 5.95. The van der Waals surface area contributed by atoms with Crippen molar-refractivity contribution in [3.8, 4) is 5.75 Å². The van der Waals surface area contributed by atoms with Crippen LogP contribution in [0.15, 0.2) is 42.5 Å². The van der Waals surface area contributed by atoms with Gasteiger partial charge in [-0.25, -0.2) is 0 Å². The van der Waals surface area contributed by atoms with Gasteiger partial charge in [0.1, 0.15) is 5.75 Å². The Hall–Kier alpha value is -2.62. The first-order chi connectivity index (χ1) is 11.6. The van der Waals surface area contributed by atoms with Crippen LogP contribution in [0.3, 0.4) is 0 Å². The van der Waals surface area contributed by atoms with E-state index in [4.69, 9.17) is 4.74 Å². The maximum absolute atomic E-state index is 12.6. The summed E-state index contributed by atoms with van der Waals surface area (Å²) in [7, 11) is 0. The number of nitrogens with zero attached hydrogens (tertiary/aromatic N) is 1. The van der Waals surface area contributed by atoms with Crippen molar-refractivity contribution >= 4 is 17.4 Å². The van der Waals surface area contributed by atoms with E-state index in [9.17, 15) is 9.59 Å². The molecular weight excluding hydrogens is 302 g/mol. The molecule has 0 bridgehead atoms. The molecule has 0 aliphatic carbocycles. The van der Waals surface area contributed by atoms with E-state index in [0.29, 0.717) is 25.1 Å². The van der Waals surface area contributed by atoms with Crippen molar-refractivity contribution in [2.24, 2.45) is 0 Å². The highest BCUT2D eigenvalue weighted by atomic mass is 16.5. The molecule has 24 heavy (non-hydrogen) atoms. The second-order valence-electron chi connectivity index (χ2n) is 5.95. The molecule has 0 atom stereocenters. The highest BCUT2D eigenvalue weighted by Gasteiger charge is 2.25. The maximum Gasteiger partial charge on any atom is 0.231 e. The van der Waals surface area contributed by atoms with Gasteiger partial charge in [-0.2, -0.15) is 0 Å². The van der Waals surface area contributed by atoms with Crippen molar-refractivity contribution < 1.29 is 14.3 Å². The number of fused-ring (bicyclic) bond motifs is 1. The van der Waals surface area contributed by atoms with E-state index in [0.717, 1.165) is 29.0 Å². The molecule has 0 N–H and O–H groups in total. The van der Waals surface area contributed by atoms with Gasteiger partial charge in [0.05, 0.1) is 13.0 Å². The van der Waals surface area contributed by atoms with E-state index in [2.05, 4.69) is 0 Å². The first-order valence-electron chi connectivity index (χ1n) is 8.24. The first kappa shape index (κ1) is 16.2. The van der Waals surface area contributed by atoms with Crippen molar-refractivity contribution in [3.05, 3.63) is 59.2 Å².